The highest BCUT2D eigenvalue weighted by atomic mass is 15.2. The quantitative estimate of drug-likeness (QED) is 0.847. The van der Waals surface area contributed by atoms with Gasteiger partial charge in [0.15, 0.2) is 0 Å². The van der Waals surface area contributed by atoms with Gasteiger partial charge in [-0.25, -0.2) is 9.97 Å². The third kappa shape index (κ3) is 2.90. The monoisotopic (exact) mass is 249 g/mol. The molecule has 1 fully saturated rings. The lowest BCUT2D eigenvalue weighted by Crippen LogP contribution is -2.24. The molecule has 2 rings (SSSR count). The third-order valence-electron chi connectivity index (χ3n) is 3.53. The zero-order valence-corrected chi connectivity index (χ0v) is 11.3. The van der Waals surface area contributed by atoms with Gasteiger partial charge in [-0.15, -0.1) is 0 Å². The highest BCUT2D eigenvalue weighted by molar-refractivity contribution is 5.50. The van der Waals surface area contributed by atoms with Gasteiger partial charge < -0.3 is 15.5 Å². The fourth-order valence-corrected chi connectivity index (χ4v) is 2.40. The first-order valence-corrected chi connectivity index (χ1v) is 6.72. The molecule has 0 saturated carbocycles. The molecule has 1 aromatic rings. The van der Waals surface area contributed by atoms with Crippen molar-refractivity contribution in [2.45, 2.75) is 19.8 Å². The van der Waals surface area contributed by atoms with E-state index in [1.807, 2.05) is 0 Å². The van der Waals surface area contributed by atoms with Gasteiger partial charge in [-0.3, -0.25) is 0 Å². The molecule has 100 valence electrons. The minimum atomic E-state index is 0.608. The number of anilines is 2. The maximum atomic E-state index is 5.72. The third-order valence-corrected chi connectivity index (χ3v) is 3.53. The van der Waals surface area contributed by atoms with Crippen molar-refractivity contribution >= 4 is 11.6 Å². The molecule has 0 amide bonds. The summed E-state index contributed by atoms with van der Waals surface area (Å²) in [7, 11) is 2.07. The van der Waals surface area contributed by atoms with Gasteiger partial charge in [0.1, 0.15) is 18.0 Å². The number of hydrogen-bond donors (Lipinski definition) is 1. The summed E-state index contributed by atoms with van der Waals surface area (Å²) < 4.78 is 0. The molecule has 1 saturated heterocycles. The number of nitrogens with zero attached hydrogens (tertiary/aromatic N) is 4. The largest absolute Gasteiger partial charge is 0.360 e. The van der Waals surface area contributed by atoms with E-state index < -0.39 is 0 Å². The predicted octanol–water partition coefficient (Wildman–Crippen LogP) is 1.11. The van der Waals surface area contributed by atoms with E-state index in [2.05, 4.69) is 39.8 Å². The fourth-order valence-electron chi connectivity index (χ4n) is 2.40. The first-order valence-electron chi connectivity index (χ1n) is 6.72. The van der Waals surface area contributed by atoms with Crippen molar-refractivity contribution < 1.29 is 0 Å². The standard InChI is InChI=1S/C13H23N5/c1-3-5-17(2)12-7-13(16-10-15-12)18-6-4-11(8-14)9-18/h7,10-11H,3-6,8-9,14H2,1-2H3. The van der Waals surface area contributed by atoms with Crippen LogP contribution in [0.2, 0.25) is 0 Å². The van der Waals surface area contributed by atoms with Crippen LogP contribution < -0.4 is 15.5 Å². The van der Waals surface area contributed by atoms with Gasteiger partial charge in [-0.05, 0) is 25.3 Å². The lowest BCUT2D eigenvalue weighted by Gasteiger charge is -2.21. The molecule has 0 bridgehead atoms. The summed E-state index contributed by atoms with van der Waals surface area (Å²) in [5.41, 5.74) is 5.72. The highest BCUT2D eigenvalue weighted by Gasteiger charge is 2.22. The summed E-state index contributed by atoms with van der Waals surface area (Å²) in [6.45, 7) is 6.03. The SMILES string of the molecule is CCCN(C)c1cc(N2CCC(CN)C2)ncn1. The van der Waals surface area contributed by atoms with Crippen LogP contribution in [0.5, 0.6) is 0 Å². The topological polar surface area (TPSA) is 58.3 Å². The molecule has 5 heteroatoms. The Bertz CT molecular complexity index is 381. The number of hydrogen-bond acceptors (Lipinski definition) is 5. The molecule has 0 spiro atoms. The summed E-state index contributed by atoms with van der Waals surface area (Å²) in [6, 6.07) is 2.08. The number of aromatic nitrogens is 2. The van der Waals surface area contributed by atoms with Crippen LogP contribution in [0.15, 0.2) is 12.4 Å². The molecule has 1 unspecified atom stereocenters. The van der Waals surface area contributed by atoms with E-state index in [0.717, 1.165) is 44.2 Å². The van der Waals surface area contributed by atoms with E-state index in [0.29, 0.717) is 5.92 Å². The zero-order chi connectivity index (χ0) is 13.0. The highest BCUT2D eigenvalue weighted by Crippen LogP contribution is 2.23. The predicted molar refractivity (Wildman–Crippen MR) is 75.0 cm³/mol. The van der Waals surface area contributed by atoms with Crippen LogP contribution in [0.3, 0.4) is 0 Å². The van der Waals surface area contributed by atoms with Gasteiger partial charge in [0.05, 0.1) is 0 Å². The van der Waals surface area contributed by atoms with Gasteiger partial charge in [0.2, 0.25) is 0 Å². The van der Waals surface area contributed by atoms with E-state index in [4.69, 9.17) is 5.73 Å². The normalized spacial score (nSPS) is 19.3. The molecule has 1 aliphatic rings. The van der Waals surface area contributed by atoms with Gasteiger partial charge in [0.25, 0.3) is 0 Å². The van der Waals surface area contributed by atoms with Crippen molar-refractivity contribution in [2.75, 3.05) is 43.0 Å². The molecule has 0 aliphatic carbocycles. The number of nitrogens with two attached hydrogens (primary N) is 1. The Balaban J connectivity index is 2.08. The Kier molecular flexibility index (Phi) is 4.36. The van der Waals surface area contributed by atoms with Crippen molar-refractivity contribution in [3.63, 3.8) is 0 Å². The van der Waals surface area contributed by atoms with Gasteiger partial charge in [-0.2, -0.15) is 0 Å². The molecule has 18 heavy (non-hydrogen) atoms. The Hall–Kier alpha value is -1.36. The van der Waals surface area contributed by atoms with Crippen molar-refractivity contribution in [1.82, 2.24) is 9.97 Å². The Morgan fingerprint density at radius 1 is 1.50 bits per heavy atom. The minimum absolute atomic E-state index is 0.608. The molecule has 1 aromatic heterocycles. The van der Waals surface area contributed by atoms with Crippen LogP contribution in [-0.4, -0.2) is 43.2 Å². The lowest BCUT2D eigenvalue weighted by atomic mass is 10.1. The zero-order valence-electron chi connectivity index (χ0n) is 11.3. The minimum Gasteiger partial charge on any atom is -0.360 e. The van der Waals surface area contributed by atoms with E-state index in [1.54, 1.807) is 6.33 Å². The van der Waals surface area contributed by atoms with E-state index >= 15 is 0 Å². The maximum Gasteiger partial charge on any atom is 0.134 e. The number of rotatable bonds is 5. The lowest BCUT2D eigenvalue weighted by molar-refractivity contribution is 0.602. The molecule has 5 nitrogen and oxygen atoms in total. The van der Waals surface area contributed by atoms with Crippen LogP contribution in [-0.2, 0) is 0 Å². The molecule has 2 heterocycles. The molecule has 0 radical (unpaired) electrons. The van der Waals surface area contributed by atoms with E-state index in [9.17, 15) is 0 Å². The second kappa shape index (κ2) is 6.00. The summed E-state index contributed by atoms with van der Waals surface area (Å²) in [4.78, 5) is 13.2. The second-order valence-corrected chi connectivity index (χ2v) is 4.99. The molecule has 2 N–H and O–H groups in total. The second-order valence-electron chi connectivity index (χ2n) is 4.99. The molecule has 1 atom stereocenters. The average Bonchev–Trinajstić information content (AvgIpc) is 2.88. The summed E-state index contributed by atoms with van der Waals surface area (Å²) >= 11 is 0. The maximum absolute atomic E-state index is 5.72. The van der Waals surface area contributed by atoms with E-state index in [1.165, 1.54) is 6.42 Å². The Morgan fingerprint density at radius 2 is 2.33 bits per heavy atom. The van der Waals surface area contributed by atoms with Crippen LogP contribution >= 0.6 is 0 Å². The first kappa shape index (κ1) is 13.1. The molecule has 0 aromatic carbocycles. The van der Waals surface area contributed by atoms with Crippen molar-refractivity contribution in [1.29, 1.82) is 0 Å². The van der Waals surface area contributed by atoms with Crippen molar-refractivity contribution in [3.05, 3.63) is 12.4 Å². The van der Waals surface area contributed by atoms with Gasteiger partial charge in [0, 0.05) is 32.7 Å². The first-order chi connectivity index (χ1) is 8.74. The Morgan fingerprint density at radius 3 is 3.00 bits per heavy atom. The molecular formula is C13H23N5. The van der Waals surface area contributed by atoms with Crippen molar-refractivity contribution in [2.24, 2.45) is 11.7 Å². The summed E-state index contributed by atoms with van der Waals surface area (Å²) in [6.07, 6.45) is 3.95. The van der Waals surface area contributed by atoms with Crippen LogP contribution in [0, 0.1) is 5.92 Å². The van der Waals surface area contributed by atoms with E-state index in [-0.39, 0.29) is 0 Å². The van der Waals surface area contributed by atoms with Crippen molar-refractivity contribution in [3.8, 4) is 0 Å². The Labute approximate surface area is 109 Å². The van der Waals surface area contributed by atoms with Crippen LogP contribution in [0.25, 0.3) is 0 Å². The average molecular weight is 249 g/mol. The fraction of sp³-hybridized carbons (Fsp3) is 0.692. The van der Waals surface area contributed by atoms with Crippen LogP contribution in [0.4, 0.5) is 11.6 Å². The molecular weight excluding hydrogens is 226 g/mol. The summed E-state index contributed by atoms with van der Waals surface area (Å²) in [5, 5.41) is 0. The summed E-state index contributed by atoms with van der Waals surface area (Å²) in [5.74, 6) is 2.63. The smallest absolute Gasteiger partial charge is 0.134 e. The molecule has 1 aliphatic heterocycles. The van der Waals surface area contributed by atoms with Crippen LogP contribution in [0.1, 0.15) is 19.8 Å². The van der Waals surface area contributed by atoms with Gasteiger partial charge in [-0.1, -0.05) is 6.92 Å². The van der Waals surface area contributed by atoms with Gasteiger partial charge >= 0.3 is 0 Å².